The van der Waals surface area contributed by atoms with Crippen LogP contribution in [-0.4, -0.2) is 15.9 Å². The Kier molecular flexibility index (Phi) is 5.16. The average molecular weight is 379 g/mol. The molecule has 0 spiro atoms. The van der Waals surface area contributed by atoms with Crippen molar-refractivity contribution in [3.8, 4) is 11.8 Å². The van der Waals surface area contributed by atoms with Gasteiger partial charge in [0.2, 0.25) is 5.91 Å². The minimum Gasteiger partial charge on any atom is -0.424 e. The predicted octanol–water partition coefficient (Wildman–Crippen LogP) is 5.17. The summed E-state index contributed by atoms with van der Waals surface area (Å²) in [5, 5.41) is 5.17. The molecule has 2 aromatic heterocycles. The lowest BCUT2D eigenvalue weighted by molar-refractivity contribution is -0.122. The van der Waals surface area contributed by atoms with Crippen LogP contribution in [-0.2, 0) is 10.2 Å². The second kappa shape index (κ2) is 7.88. The van der Waals surface area contributed by atoms with Crippen LogP contribution < -0.4 is 10.1 Å². The van der Waals surface area contributed by atoms with Crippen molar-refractivity contribution in [2.45, 2.75) is 37.5 Å². The number of rotatable bonds is 5. The van der Waals surface area contributed by atoms with Crippen LogP contribution in [0.4, 0.5) is 5.69 Å². The van der Waals surface area contributed by atoms with E-state index < -0.39 is 5.41 Å². The molecule has 138 valence electrons. The van der Waals surface area contributed by atoms with Crippen molar-refractivity contribution in [3.05, 3.63) is 65.1 Å². The molecule has 0 atom stereocenters. The molecule has 4 rings (SSSR count). The zero-order chi connectivity index (χ0) is 18.5. The zero-order valence-electron chi connectivity index (χ0n) is 14.9. The highest BCUT2D eigenvalue weighted by Crippen LogP contribution is 2.42. The molecule has 0 bridgehead atoms. The van der Waals surface area contributed by atoms with Crippen molar-refractivity contribution < 1.29 is 9.53 Å². The first kappa shape index (κ1) is 17.7. The lowest BCUT2D eigenvalue weighted by Gasteiger charge is -2.35. The van der Waals surface area contributed by atoms with Gasteiger partial charge in [0.1, 0.15) is 5.75 Å². The minimum absolute atomic E-state index is 0.0877. The third-order valence-electron chi connectivity index (χ3n) is 5.00. The number of nitrogens with zero attached hydrogens (tertiary/aromatic N) is 2. The van der Waals surface area contributed by atoms with Gasteiger partial charge in [-0.15, -0.1) is 11.3 Å². The van der Waals surface area contributed by atoms with Gasteiger partial charge in [-0.3, -0.25) is 4.79 Å². The van der Waals surface area contributed by atoms with Gasteiger partial charge in [-0.05, 0) is 54.6 Å². The lowest BCUT2D eigenvalue weighted by Crippen LogP contribution is -2.41. The highest BCUT2D eigenvalue weighted by atomic mass is 32.1. The van der Waals surface area contributed by atoms with E-state index >= 15 is 0 Å². The van der Waals surface area contributed by atoms with Gasteiger partial charge < -0.3 is 10.1 Å². The second-order valence-electron chi connectivity index (χ2n) is 6.73. The third kappa shape index (κ3) is 3.85. The number of thiophene rings is 1. The fourth-order valence-corrected chi connectivity index (χ4v) is 4.58. The van der Waals surface area contributed by atoms with Gasteiger partial charge in [-0.1, -0.05) is 25.3 Å². The summed E-state index contributed by atoms with van der Waals surface area (Å²) in [5.74, 6) is 0.717. The Balaban J connectivity index is 1.48. The van der Waals surface area contributed by atoms with Crippen molar-refractivity contribution in [1.82, 2.24) is 9.97 Å². The van der Waals surface area contributed by atoms with Gasteiger partial charge >= 0.3 is 6.01 Å². The summed E-state index contributed by atoms with van der Waals surface area (Å²) in [6.45, 7) is 0. The molecule has 1 aromatic carbocycles. The van der Waals surface area contributed by atoms with Crippen LogP contribution in [0.3, 0.4) is 0 Å². The largest absolute Gasteiger partial charge is 0.424 e. The maximum absolute atomic E-state index is 13.2. The number of ether oxygens (including phenoxy) is 1. The van der Waals surface area contributed by atoms with Crippen molar-refractivity contribution >= 4 is 22.9 Å². The fourth-order valence-electron chi connectivity index (χ4n) is 3.59. The van der Waals surface area contributed by atoms with E-state index in [0.717, 1.165) is 31.4 Å². The molecule has 6 heteroatoms. The SMILES string of the molecule is O=C(Nc1ccc(Oc2ncccn2)cc1)C1(c2cccs2)CCCCC1. The number of amides is 1. The van der Waals surface area contributed by atoms with Gasteiger partial charge in [-0.2, -0.15) is 0 Å². The zero-order valence-corrected chi connectivity index (χ0v) is 15.7. The van der Waals surface area contributed by atoms with Crippen LogP contribution in [0.5, 0.6) is 11.8 Å². The van der Waals surface area contributed by atoms with Crippen molar-refractivity contribution in [1.29, 1.82) is 0 Å². The molecule has 0 saturated heterocycles. The molecule has 1 aliphatic carbocycles. The lowest BCUT2D eigenvalue weighted by atomic mass is 9.72. The number of aromatic nitrogens is 2. The molecule has 0 unspecified atom stereocenters. The number of hydrogen-bond acceptors (Lipinski definition) is 5. The Bertz CT molecular complexity index is 874. The van der Waals surface area contributed by atoms with E-state index in [-0.39, 0.29) is 5.91 Å². The maximum atomic E-state index is 13.2. The van der Waals surface area contributed by atoms with E-state index in [9.17, 15) is 4.79 Å². The van der Waals surface area contributed by atoms with Crippen LogP contribution in [0.2, 0.25) is 0 Å². The Morgan fingerprint density at radius 1 is 1.00 bits per heavy atom. The Labute approximate surface area is 162 Å². The smallest absolute Gasteiger partial charge is 0.321 e. The molecule has 1 N–H and O–H groups in total. The maximum Gasteiger partial charge on any atom is 0.321 e. The van der Waals surface area contributed by atoms with Gasteiger partial charge in [-0.25, -0.2) is 9.97 Å². The number of anilines is 1. The molecule has 5 nitrogen and oxygen atoms in total. The molecule has 1 saturated carbocycles. The highest BCUT2D eigenvalue weighted by molar-refractivity contribution is 7.10. The summed E-state index contributed by atoms with van der Waals surface area (Å²) in [6, 6.07) is 13.5. The van der Waals surface area contributed by atoms with E-state index in [4.69, 9.17) is 4.74 Å². The van der Waals surface area contributed by atoms with E-state index in [0.29, 0.717) is 11.8 Å². The summed E-state index contributed by atoms with van der Waals surface area (Å²) >= 11 is 1.68. The number of carbonyl (C=O) groups excluding carboxylic acids is 1. The van der Waals surface area contributed by atoms with Gasteiger partial charge in [0, 0.05) is 23.0 Å². The van der Waals surface area contributed by atoms with Crippen molar-refractivity contribution in [3.63, 3.8) is 0 Å². The van der Waals surface area contributed by atoms with Crippen molar-refractivity contribution in [2.24, 2.45) is 0 Å². The summed E-state index contributed by atoms with van der Waals surface area (Å²) in [4.78, 5) is 22.5. The van der Waals surface area contributed by atoms with Gasteiger partial charge in [0.25, 0.3) is 0 Å². The summed E-state index contributed by atoms with van der Waals surface area (Å²) in [6.07, 6.45) is 8.46. The van der Waals surface area contributed by atoms with Crippen LogP contribution >= 0.6 is 11.3 Å². The molecular weight excluding hydrogens is 358 g/mol. The number of nitrogens with one attached hydrogen (secondary N) is 1. The standard InChI is InChI=1S/C21H21N3O2S/c25-19(21(11-2-1-3-12-21)18-6-4-15-27-18)24-16-7-9-17(10-8-16)26-20-22-13-5-14-23-20/h4-10,13-15H,1-3,11-12H2,(H,24,25). The molecule has 2 heterocycles. The minimum atomic E-state index is -0.403. The topological polar surface area (TPSA) is 64.1 Å². The van der Waals surface area contributed by atoms with Crippen LogP contribution in [0.1, 0.15) is 37.0 Å². The molecule has 3 aromatic rings. The Morgan fingerprint density at radius 3 is 2.41 bits per heavy atom. The summed E-state index contributed by atoms with van der Waals surface area (Å²) in [5.41, 5.74) is 0.363. The molecule has 1 amide bonds. The van der Waals surface area contributed by atoms with Gasteiger partial charge in [0.15, 0.2) is 0 Å². The highest BCUT2D eigenvalue weighted by Gasteiger charge is 2.41. The predicted molar refractivity (Wildman–Crippen MR) is 106 cm³/mol. The average Bonchev–Trinajstić information content (AvgIpc) is 3.26. The first-order valence-corrected chi connectivity index (χ1v) is 10.0. The molecule has 0 aliphatic heterocycles. The second-order valence-corrected chi connectivity index (χ2v) is 7.68. The Morgan fingerprint density at radius 2 is 1.74 bits per heavy atom. The first-order valence-electron chi connectivity index (χ1n) is 9.17. The fraction of sp³-hybridized carbons (Fsp3) is 0.286. The van der Waals surface area contributed by atoms with E-state index in [1.807, 2.05) is 30.3 Å². The van der Waals surface area contributed by atoms with Crippen LogP contribution in [0.25, 0.3) is 0 Å². The van der Waals surface area contributed by atoms with E-state index in [1.165, 1.54) is 11.3 Å². The molecule has 1 fully saturated rings. The Hall–Kier alpha value is -2.73. The van der Waals surface area contributed by atoms with Crippen LogP contribution in [0, 0.1) is 0 Å². The third-order valence-corrected chi connectivity index (χ3v) is 6.07. The first-order chi connectivity index (χ1) is 13.3. The van der Waals surface area contributed by atoms with Crippen LogP contribution in [0.15, 0.2) is 60.2 Å². The normalized spacial score (nSPS) is 15.9. The number of benzene rings is 1. The molecule has 1 aliphatic rings. The number of hydrogen-bond donors (Lipinski definition) is 1. The van der Waals surface area contributed by atoms with Crippen molar-refractivity contribution in [2.75, 3.05) is 5.32 Å². The quantitative estimate of drug-likeness (QED) is 0.664. The van der Waals surface area contributed by atoms with Gasteiger partial charge in [0.05, 0.1) is 5.41 Å². The summed E-state index contributed by atoms with van der Waals surface area (Å²) < 4.78 is 5.60. The summed E-state index contributed by atoms with van der Waals surface area (Å²) in [7, 11) is 0. The molecule has 27 heavy (non-hydrogen) atoms. The monoisotopic (exact) mass is 379 g/mol. The molecule has 0 radical (unpaired) electrons. The molecular formula is C21H21N3O2S. The van der Waals surface area contributed by atoms with E-state index in [2.05, 4.69) is 26.7 Å². The number of carbonyl (C=O) groups is 1. The van der Waals surface area contributed by atoms with E-state index in [1.54, 1.807) is 29.8 Å².